The monoisotopic (exact) mass is 505 g/mol. The molecule has 2 fully saturated rings. The van der Waals surface area contributed by atoms with Crippen LogP contribution in [-0.2, 0) is 24.7 Å². The van der Waals surface area contributed by atoms with Crippen molar-refractivity contribution in [1.29, 1.82) is 0 Å². The maximum Gasteiger partial charge on any atom is 0.248 e. The van der Waals surface area contributed by atoms with Gasteiger partial charge >= 0.3 is 0 Å². The molecule has 1 aromatic heterocycles. The van der Waals surface area contributed by atoms with E-state index < -0.39 is 34.6 Å². The van der Waals surface area contributed by atoms with Crippen LogP contribution in [0.25, 0.3) is 11.3 Å². The predicted octanol–water partition coefficient (Wildman–Crippen LogP) is 1.15. The lowest BCUT2D eigenvalue weighted by atomic mass is 9.73. The van der Waals surface area contributed by atoms with Gasteiger partial charge in [-0.3, -0.25) is 24.3 Å². The SMILES string of the molecule is NC(=O)C1=CC(NC(=O)C2(N3CCOCC3)CC2)(c2ccc(-c3ccccc3F)nc2)C(C(N)=O)C=C1. The Morgan fingerprint density at radius 1 is 1.08 bits per heavy atom. The molecule has 3 amide bonds. The molecule has 2 aliphatic carbocycles. The van der Waals surface area contributed by atoms with Crippen molar-refractivity contribution in [2.75, 3.05) is 26.3 Å². The second kappa shape index (κ2) is 9.53. The van der Waals surface area contributed by atoms with E-state index in [2.05, 4.69) is 15.2 Å². The number of primary amides is 2. The number of nitrogens with one attached hydrogen (secondary N) is 1. The second-order valence-corrected chi connectivity index (χ2v) is 9.57. The van der Waals surface area contributed by atoms with Gasteiger partial charge in [0.15, 0.2) is 0 Å². The van der Waals surface area contributed by atoms with Gasteiger partial charge in [0.2, 0.25) is 17.7 Å². The highest BCUT2D eigenvalue weighted by Crippen LogP contribution is 2.45. The molecular weight excluding hydrogens is 477 g/mol. The van der Waals surface area contributed by atoms with Gasteiger partial charge in [0, 0.05) is 36.0 Å². The van der Waals surface area contributed by atoms with Crippen molar-refractivity contribution in [2.45, 2.75) is 23.9 Å². The Bertz CT molecular complexity index is 1300. The molecule has 37 heavy (non-hydrogen) atoms. The Hall–Kier alpha value is -3.89. The fraction of sp³-hybridized carbons (Fsp3) is 0.333. The zero-order valence-electron chi connectivity index (χ0n) is 20.2. The Balaban J connectivity index is 1.58. The van der Waals surface area contributed by atoms with Crippen LogP contribution in [0.2, 0.25) is 0 Å². The lowest BCUT2D eigenvalue weighted by Crippen LogP contribution is -2.61. The van der Waals surface area contributed by atoms with Crippen LogP contribution in [0.15, 0.2) is 66.4 Å². The number of amides is 3. The van der Waals surface area contributed by atoms with Crippen molar-refractivity contribution < 1.29 is 23.5 Å². The van der Waals surface area contributed by atoms with E-state index in [4.69, 9.17) is 16.2 Å². The van der Waals surface area contributed by atoms with E-state index in [1.807, 2.05) is 0 Å². The summed E-state index contributed by atoms with van der Waals surface area (Å²) in [7, 11) is 0. The van der Waals surface area contributed by atoms with Crippen molar-refractivity contribution in [2.24, 2.45) is 17.4 Å². The Labute approximate surface area is 213 Å². The second-order valence-electron chi connectivity index (χ2n) is 9.57. The largest absolute Gasteiger partial charge is 0.379 e. The minimum atomic E-state index is -1.52. The fourth-order valence-corrected chi connectivity index (χ4v) is 5.22. The molecule has 1 aromatic carbocycles. The van der Waals surface area contributed by atoms with Crippen LogP contribution in [0.3, 0.4) is 0 Å². The number of morpholine rings is 1. The van der Waals surface area contributed by atoms with Crippen molar-refractivity contribution in [3.63, 3.8) is 0 Å². The lowest BCUT2D eigenvalue weighted by Gasteiger charge is -2.42. The first kappa shape index (κ1) is 24.8. The molecule has 10 heteroatoms. The summed E-state index contributed by atoms with van der Waals surface area (Å²) in [5.41, 5.74) is 10.3. The third-order valence-electron chi connectivity index (χ3n) is 7.41. The molecule has 2 aromatic rings. The highest BCUT2D eigenvalue weighted by Gasteiger charge is 2.57. The summed E-state index contributed by atoms with van der Waals surface area (Å²) >= 11 is 0. The molecule has 0 spiro atoms. The highest BCUT2D eigenvalue weighted by molar-refractivity contribution is 5.98. The molecule has 2 unspecified atom stereocenters. The minimum Gasteiger partial charge on any atom is -0.379 e. The molecule has 2 atom stereocenters. The van der Waals surface area contributed by atoms with E-state index in [0.29, 0.717) is 56.0 Å². The van der Waals surface area contributed by atoms with Crippen molar-refractivity contribution in [3.05, 3.63) is 77.8 Å². The number of halogens is 1. The third kappa shape index (κ3) is 4.42. The first-order chi connectivity index (χ1) is 17.8. The topological polar surface area (TPSA) is 141 Å². The smallest absolute Gasteiger partial charge is 0.248 e. The Morgan fingerprint density at radius 3 is 2.41 bits per heavy atom. The number of carbonyl (C=O) groups excluding carboxylic acids is 3. The number of pyridine rings is 1. The standard InChI is InChI=1S/C27H28FN5O4/c28-21-4-2-1-3-19(21)22-8-6-18(16-31-22)27(15-17(23(29)34)5-7-20(27)24(30)35)32-25(36)26(9-10-26)33-11-13-37-14-12-33/h1-8,15-16,20H,9-14H2,(H2,29,34)(H2,30,35)(H,32,36). The molecule has 1 saturated heterocycles. The number of rotatable bonds is 7. The highest BCUT2D eigenvalue weighted by atomic mass is 19.1. The van der Waals surface area contributed by atoms with Crippen LogP contribution in [-0.4, -0.2) is 59.4 Å². The summed E-state index contributed by atoms with van der Waals surface area (Å²) in [6, 6.07) is 9.48. The van der Waals surface area contributed by atoms with E-state index in [0.717, 1.165) is 0 Å². The van der Waals surface area contributed by atoms with Crippen molar-refractivity contribution >= 4 is 17.7 Å². The maximum absolute atomic E-state index is 14.4. The quantitative estimate of drug-likeness (QED) is 0.516. The maximum atomic E-state index is 14.4. The number of carbonyl (C=O) groups is 3. The summed E-state index contributed by atoms with van der Waals surface area (Å²) in [6.45, 7) is 2.28. The predicted molar refractivity (Wildman–Crippen MR) is 133 cm³/mol. The molecule has 1 aliphatic heterocycles. The molecule has 1 saturated carbocycles. The number of hydrogen-bond acceptors (Lipinski definition) is 6. The van der Waals surface area contributed by atoms with E-state index in [-0.39, 0.29) is 11.5 Å². The lowest BCUT2D eigenvalue weighted by molar-refractivity contribution is -0.133. The van der Waals surface area contributed by atoms with Crippen LogP contribution in [0.4, 0.5) is 4.39 Å². The third-order valence-corrected chi connectivity index (χ3v) is 7.41. The van der Waals surface area contributed by atoms with Crippen LogP contribution >= 0.6 is 0 Å². The number of hydrogen-bond donors (Lipinski definition) is 3. The molecule has 3 aliphatic rings. The van der Waals surface area contributed by atoms with Gasteiger partial charge < -0.3 is 21.5 Å². The number of nitrogens with two attached hydrogens (primary N) is 2. The summed E-state index contributed by atoms with van der Waals surface area (Å²) in [6.07, 6.45) is 7.14. The molecule has 192 valence electrons. The Kier molecular flexibility index (Phi) is 6.38. The number of aromatic nitrogens is 1. The molecule has 2 heterocycles. The normalized spacial score (nSPS) is 24.7. The van der Waals surface area contributed by atoms with Crippen LogP contribution in [0, 0.1) is 11.7 Å². The van der Waals surface area contributed by atoms with E-state index in [1.165, 1.54) is 30.5 Å². The number of ether oxygens (including phenoxy) is 1. The van der Waals surface area contributed by atoms with Gasteiger partial charge in [0.25, 0.3) is 0 Å². The number of benzene rings is 1. The summed E-state index contributed by atoms with van der Waals surface area (Å²) in [5.74, 6) is -3.16. The van der Waals surface area contributed by atoms with Crippen LogP contribution < -0.4 is 16.8 Å². The average Bonchev–Trinajstić information content (AvgIpc) is 3.72. The molecule has 0 radical (unpaired) electrons. The van der Waals surface area contributed by atoms with Gasteiger partial charge in [-0.25, -0.2) is 4.39 Å². The molecule has 0 bridgehead atoms. The molecule has 5 N–H and O–H groups in total. The van der Waals surface area contributed by atoms with Crippen LogP contribution in [0.1, 0.15) is 18.4 Å². The van der Waals surface area contributed by atoms with Crippen molar-refractivity contribution in [3.8, 4) is 11.3 Å². The van der Waals surface area contributed by atoms with Gasteiger partial charge in [-0.15, -0.1) is 0 Å². The molecular formula is C27H28FN5O4. The minimum absolute atomic E-state index is 0.118. The summed E-state index contributed by atoms with van der Waals surface area (Å²) < 4.78 is 19.8. The first-order valence-electron chi connectivity index (χ1n) is 12.1. The summed E-state index contributed by atoms with van der Waals surface area (Å²) in [4.78, 5) is 45.2. The summed E-state index contributed by atoms with van der Waals surface area (Å²) in [5, 5.41) is 3.06. The van der Waals surface area contributed by atoms with Gasteiger partial charge in [-0.1, -0.05) is 30.4 Å². The van der Waals surface area contributed by atoms with Crippen LogP contribution in [0.5, 0.6) is 0 Å². The Morgan fingerprint density at radius 2 is 1.81 bits per heavy atom. The molecule has 5 rings (SSSR count). The first-order valence-corrected chi connectivity index (χ1v) is 12.1. The zero-order valence-corrected chi connectivity index (χ0v) is 20.2. The van der Waals surface area contributed by atoms with Gasteiger partial charge in [-0.2, -0.15) is 0 Å². The molecule has 9 nitrogen and oxygen atoms in total. The van der Waals surface area contributed by atoms with Gasteiger partial charge in [0.1, 0.15) is 16.9 Å². The zero-order chi connectivity index (χ0) is 26.2. The van der Waals surface area contributed by atoms with Gasteiger partial charge in [0.05, 0.1) is 24.8 Å². The van der Waals surface area contributed by atoms with Crippen molar-refractivity contribution in [1.82, 2.24) is 15.2 Å². The van der Waals surface area contributed by atoms with E-state index >= 15 is 0 Å². The average molecular weight is 506 g/mol. The van der Waals surface area contributed by atoms with E-state index in [1.54, 1.807) is 30.3 Å². The fourth-order valence-electron chi connectivity index (χ4n) is 5.22. The van der Waals surface area contributed by atoms with E-state index in [9.17, 15) is 18.8 Å². The van der Waals surface area contributed by atoms with Gasteiger partial charge in [-0.05, 0) is 37.1 Å². The number of nitrogens with zero attached hydrogens (tertiary/aromatic N) is 2.